The Kier molecular flexibility index (Phi) is 5.42. The SMILES string of the molecule is COc1ccc(C2(c3ccc(OC(C)=O)cc3)CCCCCC2)cc1. The molecule has 0 saturated heterocycles. The second-order valence-electron chi connectivity index (χ2n) is 6.84. The molecule has 25 heavy (non-hydrogen) atoms. The third-order valence-corrected chi connectivity index (χ3v) is 5.27. The first-order valence-electron chi connectivity index (χ1n) is 9.07. The van der Waals surface area contributed by atoms with E-state index in [9.17, 15) is 4.79 Å². The fraction of sp³-hybridized carbons (Fsp3) is 0.409. The van der Waals surface area contributed by atoms with Crippen molar-refractivity contribution in [1.29, 1.82) is 0 Å². The van der Waals surface area contributed by atoms with Crippen LogP contribution in [0.4, 0.5) is 0 Å². The van der Waals surface area contributed by atoms with Crippen LogP contribution in [0.5, 0.6) is 11.5 Å². The lowest BCUT2D eigenvalue weighted by Crippen LogP contribution is -2.27. The summed E-state index contributed by atoms with van der Waals surface area (Å²) < 4.78 is 10.5. The van der Waals surface area contributed by atoms with Gasteiger partial charge in [0.25, 0.3) is 0 Å². The van der Waals surface area contributed by atoms with Gasteiger partial charge in [0, 0.05) is 12.3 Å². The Hall–Kier alpha value is -2.29. The van der Waals surface area contributed by atoms with Crippen LogP contribution in [0.25, 0.3) is 0 Å². The van der Waals surface area contributed by atoms with Crippen molar-refractivity contribution in [2.24, 2.45) is 0 Å². The van der Waals surface area contributed by atoms with Crippen LogP contribution in [0.2, 0.25) is 0 Å². The summed E-state index contributed by atoms with van der Waals surface area (Å²) in [5.74, 6) is 1.21. The Morgan fingerprint density at radius 1 is 0.800 bits per heavy atom. The van der Waals surface area contributed by atoms with Crippen molar-refractivity contribution in [1.82, 2.24) is 0 Å². The van der Waals surface area contributed by atoms with Crippen LogP contribution in [-0.2, 0) is 10.2 Å². The Labute approximate surface area is 150 Å². The average molecular weight is 338 g/mol. The van der Waals surface area contributed by atoms with E-state index in [0.717, 1.165) is 18.6 Å². The number of benzene rings is 2. The summed E-state index contributed by atoms with van der Waals surface area (Å²) >= 11 is 0. The van der Waals surface area contributed by atoms with Gasteiger partial charge in [-0.1, -0.05) is 49.9 Å². The molecule has 132 valence electrons. The maximum atomic E-state index is 11.2. The molecular formula is C22H26O3. The molecule has 0 aromatic heterocycles. The highest BCUT2D eigenvalue weighted by Crippen LogP contribution is 2.44. The van der Waals surface area contributed by atoms with E-state index in [0.29, 0.717) is 5.75 Å². The molecule has 0 aliphatic heterocycles. The quantitative estimate of drug-likeness (QED) is 0.433. The molecular weight excluding hydrogens is 312 g/mol. The molecule has 1 aliphatic rings. The van der Waals surface area contributed by atoms with Crippen molar-refractivity contribution in [3.8, 4) is 11.5 Å². The number of methoxy groups -OCH3 is 1. The number of esters is 1. The summed E-state index contributed by atoms with van der Waals surface area (Å²) in [6, 6.07) is 16.6. The van der Waals surface area contributed by atoms with E-state index in [1.54, 1.807) is 7.11 Å². The van der Waals surface area contributed by atoms with E-state index in [2.05, 4.69) is 36.4 Å². The predicted molar refractivity (Wildman–Crippen MR) is 99.2 cm³/mol. The molecule has 0 radical (unpaired) electrons. The summed E-state index contributed by atoms with van der Waals surface area (Å²) in [6.45, 7) is 1.43. The standard InChI is InChI=1S/C22H26O3/c1-17(23)25-21-13-9-19(10-14-21)22(15-5-3-4-6-16-22)18-7-11-20(24-2)12-8-18/h7-14H,3-6,15-16H2,1-2H3. The smallest absolute Gasteiger partial charge is 0.308 e. The number of carbonyl (C=O) groups excluding carboxylic acids is 1. The number of hydrogen-bond donors (Lipinski definition) is 0. The van der Waals surface area contributed by atoms with E-state index in [1.807, 2.05) is 12.1 Å². The molecule has 1 saturated carbocycles. The first-order valence-corrected chi connectivity index (χ1v) is 9.07. The number of hydrogen-bond acceptors (Lipinski definition) is 3. The van der Waals surface area contributed by atoms with Crippen molar-refractivity contribution >= 4 is 5.97 Å². The molecule has 2 aromatic rings. The molecule has 1 aliphatic carbocycles. The van der Waals surface area contributed by atoms with Gasteiger partial charge in [-0.3, -0.25) is 4.79 Å². The molecule has 0 bridgehead atoms. The zero-order valence-electron chi connectivity index (χ0n) is 15.1. The highest BCUT2D eigenvalue weighted by Gasteiger charge is 2.34. The molecule has 1 fully saturated rings. The molecule has 0 heterocycles. The van der Waals surface area contributed by atoms with Crippen molar-refractivity contribution in [2.75, 3.05) is 7.11 Å². The van der Waals surface area contributed by atoms with Gasteiger partial charge in [-0.05, 0) is 48.2 Å². The van der Waals surface area contributed by atoms with Crippen molar-refractivity contribution in [3.05, 3.63) is 59.7 Å². The van der Waals surface area contributed by atoms with Gasteiger partial charge in [-0.2, -0.15) is 0 Å². The molecule has 0 atom stereocenters. The average Bonchev–Trinajstić information content (AvgIpc) is 2.89. The summed E-state index contributed by atoms with van der Waals surface area (Å²) in [5, 5.41) is 0. The molecule has 0 amide bonds. The fourth-order valence-corrected chi connectivity index (χ4v) is 3.99. The van der Waals surface area contributed by atoms with E-state index in [-0.39, 0.29) is 11.4 Å². The summed E-state index contributed by atoms with van der Waals surface area (Å²) in [6.07, 6.45) is 7.35. The van der Waals surface area contributed by atoms with Gasteiger partial charge in [0.05, 0.1) is 7.11 Å². The van der Waals surface area contributed by atoms with Crippen LogP contribution in [0.3, 0.4) is 0 Å². The molecule has 3 nitrogen and oxygen atoms in total. The van der Waals surface area contributed by atoms with Gasteiger partial charge in [-0.25, -0.2) is 0 Å². The Morgan fingerprint density at radius 3 is 1.72 bits per heavy atom. The van der Waals surface area contributed by atoms with Crippen molar-refractivity contribution in [2.45, 2.75) is 50.9 Å². The van der Waals surface area contributed by atoms with Gasteiger partial charge >= 0.3 is 5.97 Å². The first-order chi connectivity index (χ1) is 12.1. The monoisotopic (exact) mass is 338 g/mol. The number of ether oxygens (including phenoxy) is 2. The first kappa shape index (κ1) is 17.5. The minimum Gasteiger partial charge on any atom is -0.497 e. The summed E-state index contributed by atoms with van der Waals surface area (Å²) in [7, 11) is 1.70. The minimum absolute atomic E-state index is 0.0253. The molecule has 2 aromatic carbocycles. The van der Waals surface area contributed by atoms with Crippen molar-refractivity contribution < 1.29 is 14.3 Å². The van der Waals surface area contributed by atoms with Crippen molar-refractivity contribution in [3.63, 3.8) is 0 Å². The summed E-state index contributed by atoms with van der Waals surface area (Å²) in [4.78, 5) is 11.2. The van der Waals surface area contributed by atoms with Gasteiger partial charge in [0.2, 0.25) is 0 Å². The number of rotatable bonds is 4. The molecule has 0 N–H and O–H groups in total. The summed E-state index contributed by atoms with van der Waals surface area (Å²) in [5.41, 5.74) is 2.67. The van der Waals surface area contributed by atoms with Crippen LogP contribution in [0, 0.1) is 0 Å². The third kappa shape index (κ3) is 3.87. The molecule has 0 spiro atoms. The van der Waals surface area contributed by atoms with Crippen LogP contribution in [0.15, 0.2) is 48.5 Å². The topological polar surface area (TPSA) is 35.5 Å². The maximum absolute atomic E-state index is 11.2. The minimum atomic E-state index is -0.285. The Morgan fingerprint density at radius 2 is 1.28 bits per heavy atom. The highest BCUT2D eigenvalue weighted by atomic mass is 16.5. The van der Waals surface area contributed by atoms with Crippen LogP contribution < -0.4 is 9.47 Å². The lowest BCUT2D eigenvalue weighted by Gasteiger charge is -2.34. The second-order valence-corrected chi connectivity index (χ2v) is 6.84. The maximum Gasteiger partial charge on any atom is 0.308 e. The van der Waals surface area contributed by atoms with E-state index in [1.165, 1.54) is 43.7 Å². The van der Waals surface area contributed by atoms with Gasteiger partial charge in [-0.15, -0.1) is 0 Å². The Bertz CT molecular complexity index is 693. The van der Waals surface area contributed by atoms with Gasteiger partial charge < -0.3 is 9.47 Å². The van der Waals surface area contributed by atoms with E-state index in [4.69, 9.17) is 9.47 Å². The normalized spacial score (nSPS) is 16.7. The van der Waals surface area contributed by atoms with Crippen LogP contribution in [0.1, 0.15) is 56.6 Å². The molecule has 0 unspecified atom stereocenters. The van der Waals surface area contributed by atoms with E-state index >= 15 is 0 Å². The largest absolute Gasteiger partial charge is 0.497 e. The van der Waals surface area contributed by atoms with Gasteiger partial charge in [0.15, 0.2) is 0 Å². The molecule has 3 rings (SSSR count). The zero-order valence-corrected chi connectivity index (χ0v) is 15.1. The predicted octanol–water partition coefficient (Wildman–Crippen LogP) is 5.26. The molecule has 3 heteroatoms. The lowest BCUT2D eigenvalue weighted by molar-refractivity contribution is -0.131. The second kappa shape index (κ2) is 7.73. The Balaban J connectivity index is 1.99. The highest BCUT2D eigenvalue weighted by molar-refractivity contribution is 5.69. The lowest BCUT2D eigenvalue weighted by atomic mass is 9.69. The van der Waals surface area contributed by atoms with Crippen LogP contribution in [-0.4, -0.2) is 13.1 Å². The zero-order chi connectivity index (χ0) is 17.7. The van der Waals surface area contributed by atoms with Crippen LogP contribution >= 0.6 is 0 Å². The number of carbonyl (C=O) groups is 1. The fourth-order valence-electron chi connectivity index (χ4n) is 3.99. The third-order valence-electron chi connectivity index (χ3n) is 5.27. The van der Waals surface area contributed by atoms with E-state index < -0.39 is 0 Å². The van der Waals surface area contributed by atoms with Gasteiger partial charge in [0.1, 0.15) is 11.5 Å².